The monoisotopic (exact) mass is 279 g/mol. The van der Waals surface area contributed by atoms with Crippen molar-refractivity contribution in [1.82, 2.24) is 4.90 Å². The van der Waals surface area contributed by atoms with Crippen LogP contribution in [0.15, 0.2) is 17.5 Å². The summed E-state index contributed by atoms with van der Waals surface area (Å²) in [7, 11) is 0. The fourth-order valence-electron chi connectivity index (χ4n) is 3.29. The van der Waals surface area contributed by atoms with Crippen molar-refractivity contribution < 1.29 is 9.90 Å². The van der Waals surface area contributed by atoms with Crippen molar-refractivity contribution in [2.75, 3.05) is 13.2 Å². The molecule has 1 aliphatic carbocycles. The second-order valence-electron chi connectivity index (χ2n) is 5.94. The van der Waals surface area contributed by atoms with Gasteiger partial charge in [0.1, 0.15) is 0 Å². The summed E-state index contributed by atoms with van der Waals surface area (Å²) in [4.78, 5) is 15.6. The molecule has 0 spiro atoms. The van der Waals surface area contributed by atoms with Gasteiger partial charge in [0.25, 0.3) is 0 Å². The van der Waals surface area contributed by atoms with E-state index in [1.807, 2.05) is 22.4 Å². The van der Waals surface area contributed by atoms with Gasteiger partial charge in [-0.2, -0.15) is 0 Å². The molecule has 1 aromatic rings. The first-order chi connectivity index (χ1) is 9.23. The van der Waals surface area contributed by atoms with Gasteiger partial charge in [0, 0.05) is 11.4 Å². The molecule has 0 radical (unpaired) electrons. The lowest BCUT2D eigenvalue weighted by molar-refractivity contribution is -0.136. The molecule has 1 unspecified atom stereocenters. The van der Waals surface area contributed by atoms with E-state index in [1.165, 1.54) is 12.8 Å². The number of amides is 1. The highest BCUT2D eigenvalue weighted by molar-refractivity contribution is 7.10. The summed E-state index contributed by atoms with van der Waals surface area (Å²) >= 11 is 1.63. The van der Waals surface area contributed by atoms with E-state index < -0.39 is 0 Å². The molecular formula is C15H21NO2S. The van der Waals surface area contributed by atoms with Crippen LogP contribution < -0.4 is 0 Å². The first-order valence-electron chi connectivity index (χ1n) is 7.17. The molecule has 2 fully saturated rings. The molecule has 104 valence electrons. The van der Waals surface area contributed by atoms with Gasteiger partial charge in [-0.3, -0.25) is 4.79 Å². The van der Waals surface area contributed by atoms with Crippen molar-refractivity contribution in [2.45, 2.75) is 44.1 Å². The molecule has 1 atom stereocenters. The number of rotatable bonds is 5. The van der Waals surface area contributed by atoms with Crippen LogP contribution in [-0.4, -0.2) is 34.6 Å². The summed E-state index contributed by atoms with van der Waals surface area (Å²) in [6, 6.07) is 4.00. The third kappa shape index (κ3) is 2.70. The highest BCUT2D eigenvalue weighted by Crippen LogP contribution is 2.43. The first kappa shape index (κ1) is 13.1. The van der Waals surface area contributed by atoms with Gasteiger partial charge in [0.05, 0.1) is 18.6 Å². The summed E-state index contributed by atoms with van der Waals surface area (Å²) in [6.45, 7) is 0.942. The smallest absolute Gasteiger partial charge is 0.228 e. The molecule has 1 aromatic heterocycles. The van der Waals surface area contributed by atoms with Crippen LogP contribution in [0.25, 0.3) is 0 Å². The van der Waals surface area contributed by atoms with Crippen LogP contribution in [0.2, 0.25) is 0 Å². The second-order valence-corrected chi connectivity index (χ2v) is 6.97. The molecule has 0 bridgehead atoms. The van der Waals surface area contributed by atoms with Crippen molar-refractivity contribution in [3.63, 3.8) is 0 Å². The molecule has 2 aliphatic rings. The van der Waals surface area contributed by atoms with Crippen LogP contribution in [-0.2, 0) is 11.2 Å². The van der Waals surface area contributed by atoms with Gasteiger partial charge in [-0.1, -0.05) is 18.9 Å². The Hall–Kier alpha value is -0.870. The molecule has 1 amide bonds. The molecule has 1 saturated carbocycles. The van der Waals surface area contributed by atoms with Gasteiger partial charge in [0.2, 0.25) is 5.91 Å². The number of aliphatic hydroxyl groups excluding tert-OH is 1. The molecule has 19 heavy (non-hydrogen) atoms. The molecular weight excluding hydrogens is 258 g/mol. The maximum absolute atomic E-state index is 12.5. The maximum Gasteiger partial charge on any atom is 0.228 e. The van der Waals surface area contributed by atoms with Crippen molar-refractivity contribution in [2.24, 2.45) is 5.92 Å². The van der Waals surface area contributed by atoms with Crippen LogP contribution >= 0.6 is 11.3 Å². The Bertz CT molecular complexity index is 441. The topological polar surface area (TPSA) is 40.5 Å². The van der Waals surface area contributed by atoms with Crippen molar-refractivity contribution in [3.05, 3.63) is 22.4 Å². The molecule has 0 aromatic carbocycles. The van der Waals surface area contributed by atoms with Crippen LogP contribution in [0.3, 0.4) is 0 Å². The number of likely N-dealkylation sites (tertiary alicyclic amines) is 1. The third-order valence-electron chi connectivity index (χ3n) is 4.46. The number of carbonyl (C=O) groups excluding carboxylic acids is 1. The Morgan fingerprint density at radius 2 is 2.37 bits per heavy atom. The Labute approximate surface area is 118 Å². The summed E-state index contributed by atoms with van der Waals surface area (Å²) in [5.74, 6) is 0.928. The normalized spacial score (nSPS) is 26.9. The fraction of sp³-hybridized carbons (Fsp3) is 0.667. The maximum atomic E-state index is 12.5. The minimum atomic E-state index is -0.254. The largest absolute Gasteiger partial charge is 0.394 e. The predicted octanol–water partition coefficient (Wildman–Crippen LogP) is 2.44. The third-order valence-corrected chi connectivity index (χ3v) is 5.34. The second kappa shape index (κ2) is 5.25. The molecule has 3 rings (SSSR count). The van der Waals surface area contributed by atoms with Gasteiger partial charge < -0.3 is 10.0 Å². The summed E-state index contributed by atoms with van der Waals surface area (Å²) < 4.78 is 0. The van der Waals surface area contributed by atoms with E-state index >= 15 is 0 Å². The number of hydrogen-bond acceptors (Lipinski definition) is 3. The van der Waals surface area contributed by atoms with E-state index in [-0.39, 0.29) is 18.1 Å². The summed E-state index contributed by atoms with van der Waals surface area (Å²) in [6.07, 6.45) is 6.03. The standard InChI is InChI=1S/C15H21NO2S/c17-11-15(10-12-4-5-12)6-2-7-16(15)14(18)9-13-3-1-8-19-13/h1,3,8,12,17H,2,4-7,9-11H2. The summed E-state index contributed by atoms with van der Waals surface area (Å²) in [5.41, 5.74) is -0.254. The van der Waals surface area contributed by atoms with E-state index in [9.17, 15) is 9.90 Å². The molecule has 4 heteroatoms. The highest BCUT2D eigenvalue weighted by Gasteiger charge is 2.46. The van der Waals surface area contributed by atoms with E-state index in [0.29, 0.717) is 6.42 Å². The average Bonchev–Trinajstić information content (AvgIpc) is 2.91. The zero-order valence-electron chi connectivity index (χ0n) is 11.2. The van der Waals surface area contributed by atoms with Crippen LogP contribution in [0.4, 0.5) is 0 Å². The van der Waals surface area contributed by atoms with Crippen LogP contribution in [0, 0.1) is 5.92 Å². The van der Waals surface area contributed by atoms with Gasteiger partial charge in [-0.05, 0) is 36.6 Å². The van der Waals surface area contributed by atoms with E-state index in [4.69, 9.17) is 0 Å². The molecule has 3 nitrogen and oxygen atoms in total. The molecule has 1 aliphatic heterocycles. The number of aliphatic hydroxyl groups is 1. The Morgan fingerprint density at radius 3 is 3.00 bits per heavy atom. The van der Waals surface area contributed by atoms with Gasteiger partial charge in [-0.15, -0.1) is 11.3 Å². The van der Waals surface area contributed by atoms with E-state index in [0.717, 1.165) is 36.6 Å². The van der Waals surface area contributed by atoms with Crippen molar-refractivity contribution in [3.8, 4) is 0 Å². The number of carbonyl (C=O) groups is 1. The lowest BCUT2D eigenvalue weighted by Crippen LogP contribution is -2.50. The Balaban J connectivity index is 1.71. The quantitative estimate of drug-likeness (QED) is 0.899. The van der Waals surface area contributed by atoms with Gasteiger partial charge in [0.15, 0.2) is 0 Å². The Kier molecular flexibility index (Phi) is 3.63. The predicted molar refractivity (Wildman–Crippen MR) is 76.1 cm³/mol. The Morgan fingerprint density at radius 1 is 1.53 bits per heavy atom. The SMILES string of the molecule is O=C(Cc1cccs1)N1CCCC1(CO)CC1CC1. The van der Waals surface area contributed by atoms with Crippen LogP contribution in [0.5, 0.6) is 0 Å². The van der Waals surface area contributed by atoms with Crippen molar-refractivity contribution >= 4 is 17.2 Å². The van der Waals surface area contributed by atoms with Crippen molar-refractivity contribution in [1.29, 1.82) is 0 Å². The van der Waals surface area contributed by atoms with Gasteiger partial charge >= 0.3 is 0 Å². The lowest BCUT2D eigenvalue weighted by atomic mass is 9.90. The average molecular weight is 279 g/mol. The molecule has 1 saturated heterocycles. The fourth-order valence-corrected chi connectivity index (χ4v) is 3.98. The minimum absolute atomic E-state index is 0.125. The minimum Gasteiger partial charge on any atom is -0.394 e. The zero-order chi connectivity index (χ0) is 13.3. The zero-order valence-corrected chi connectivity index (χ0v) is 12.0. The number of thiophene rings is 1. The van der Waals surface area contributed by atoms with Gasteiger partial charge in [-0.25, -0.2) is 0 Å². The number of hydrogen-bond donors (Lipinski definition) is 1. The lowest BCUT2D eigenvalue weighted by Gasteiger charge is -2.37. The van der Waals surface area contributed by atoms with E-state index in [1.54, 1.807) is 11.3 Å². The molecule has 1 N–H and O–H groups in total. The number of nitrogens with zero attached hydrogens (tertiary/aromatic N) is 1. The van der Waals surface area contributed by atoms with E-state index in [2.05, 4.69) is 0 Å². The highest BCUT2D eigenvalue weighted by atomic mass is 32.1. The van der Waals surface area contributed by atoms with Crippen LogP contribution in [0.1, 0.15) is 37.0 Å². The summed E-state index contributed by atoms with van der Waals surface area (Å²) in [5, 5.41) is 11.9. The molecule has 2 heterocycles. The first-order valence-corrected chi connectivity index (χ1v) is 8.05.